The van der Waals surface area contributed by atoms with Gasteiger partial charge in [-0.05, 0) is 32.6 Å². The Morgan fingerprint density at radius 1 is 1.17 bits per heavy atom. The van der Waals surface area contributed by atoms with Gasteiger partial charge in [-0.3, -0.25) is 4.98 Å². The molecule has 0 amide bonds. The van der Waals surface area contributed by atoms with Crippen LogP contribution in [0.4, 0.5) is 0 Å². The van der Waals surface area contributed by atoms with Crippen molar-refractivity contribution in [1.82, 2.24) is 9.88 Å². The molecule has 122 valence electrons. The lowest BCUT2D eigenvalue weighted by Gasteiger charge is -2.11. The van der Waals surface area contributed by atoms with E-state index in [4.69, 9.17) is 0 Å². The fourth-order valence-corrected chi connectivity index (χ4v) is 2.32. The summed E-state index contributed by atoms with van der Waals surface area (Å²) in [6.07, 6.45) is 5.18. The molecule has 0 unspecified atom stereocenters. The molecule has 2 rings (SSSR count). The SMILES string of the molecule is Cc1ncc(/C=C/c2ccc(CN(C)C)c(O)c2)c(CO)c1O. The predicted molar refractivity (Wildman–Crippen MR) is 91.0 cm³/mol. The molecule has 0 aliphatic carbocycles. The van der Waals surface area contributed by atoms with Crippen LogP contribution in [0.3, 0.4) is 0 Å². The lowest BCUT2D eigenvalue weighted by Crippen LogP contribution is -2.10. The van der Waals surface area contributed by atoms with Gasteiger partial charge in [0.15, 0.2) is 0 Å². The largest absolute Gasteiger partial charge is 0.508 e. The van der Waals surface area contributed by atoms with Crippen LogP contribution in [-0.4, -0.2) is 39.3 Å². The van der Waals surface area contributed by atoms with Crippen LogP contribution in [0.15, 0.2) is 24.4 Å². The van der Waals surface area contributed by atoms with E-state index in [2.05, 4.69) is 4.98 Å². The van der Waals surface area contributed by atoms with Gasteiger partial charge in [0.1, 0.15) is 11.5 Å². The Bertz CT molecular complexity index is 724. The highest BCUT2D eigenvalue weighted by Gasteiger charge is 2.09. The van der Waals surface area contributed by atoms with E-state index in [1.807, 2.05) is 37.2 Å². The van der Waals surface area contributed by atoms with Gasteiger partial charge >= 0.3 is 0 Å². The van der Waals surface area contributed by atoms with Crippen LogP contribution in [0.1, 0.15) is 27.9 Å². The average Bonchev–Trinajstić information content (AvgIpc) is 2.50. The molecule has 5 heteroatoms. The molecular weight excluding hydrogens is 292 g/mol. The maximum absolute atomic E-state index is 10.1. The molecule has 3 N–H and O–H groups in total. The second-order valence-corrected chi connectivity index (χ2v) is 5.74. The molecule has 0 spiro atoms. The Morgan fingerprint density at radius 3 is 2.52 bits per heavy atom. The molecule has 0 saturated heterocycles. The highest BCUT2D eigenvalue weighted by atomic mass is 16.3. The summed E-state index contributed by atoms with van der Waals surface area (Å²) in [7, 11) is 3.89. The third-order valence-electron chi connectivity index (χ3n) is 3.58. The maximum Gasteiger partial charge on any atom is 0.142 e. The molecule has 0 saturated carbocycles. The summed E-state index contributed by atoms with van der Waals surface area (Å²) >= 11 is 0. The second-order valence-electron chi connectivity index (χ2n) is 5.74. The van der Waals surface area contributed by atoms with Gasteiger partial charge in [-0.1, -0.05) is 24.3 Å². The standard InChI is InChI=1S/C18H22N2O3/c1-12-18(23)16(11-21)14(9-19-12)6-4-13-5-7-15(10-20(2)3)17(22)8-13/h4-9,21-23H,10-11H2,1-3H3/b6-4+. The van der Waals surface area contributed by atoms with E-state index < -0.39 is 0 Å². The Kier molecular flexibility index (Phi) is 5.36. The highest BCUT2D eigenvalue weighted by molar-refractivity contribution is 5.72. The van der Waals surface area contributed by atoms with Gasteiger partial charge in [-0.2, -0.15) is 0 Å². The third kappa shape index (κ3) is 4.09. The van der Waals surface area contributed by atoms with Crippen LogP contribution >= 0.6 is 0 Å². The summed E-state index contributed by atoms with van der Waals surface area (Å²) in [6.45, 7) is 2.09. The summed E-state index contributed by atoms with van der Waals surface area (Å²) in [4.78, 5) is 6.08. The van der Waals surface area contributed by atoms with Gasteiger partial charge in [0, 0.05) is 29.4 Å². The number of phenols is 1. The van der Waals surface area contributed by atoms with Gasteiger partial charge in [0.25, 0.3) is 0 Å². The summed E-state index contributed by atoms with van der Waals surface area (Å²) in [5.41, 5.74) is 3.26. The van der Waals surface area contributed by atoms with E-state index in [0.717, 1.165) is 11.1 Å². The zero-order valence-electron chi connectivity index (χ0n) is 13.6. The first-order chi connectivity index (χ1) is 10.9. The third-order valence-corrected chi connectivity index (χ3v) is 3.58. The minimum absolute atomic E-state index is 0.0128. The van der Waals surface area contributed by atoms with E-state index in [9.17, 15) is 15.3 Å². The second kappa shape index (κ2) is 7.26. The number of rotatable bonds is 5. The number of aromatic hydroxyl groups is 2. The maximum atomic E-state index is 10.1. The molecular formula is C18H22N2O3. The van der Waals surface area contributed by atoms with Crippen molar-refractivity contribution in [2.24, 2.45) is 0 Å². The lowest BCUT2D eigenvalue weighted by atomic mass is 10.1. The van der Waals surface area contributed by atoms with Crippen LogP contribution in [0.5, 0.6) is 11.5 Å². The first-order valence-electron chi connectivity index (χ1n) is 7.35. The fourth-order valence-electron chi connectivity index (χ4n) is 2.32. The lowest BCUT2D eigenvalue weighted by molar-refractivity contribution is 0.274. The van der Waals surface area contributed by atoms with E-state index >= 15 is 0 Å². The summed E-state index contributed by atoms with van der Waals surface area (Å²) in [6, 6.07) is 5.48. The Balaban J connectivity index is 2.27. The molecule has 1 heterocycles. The van der Waals surface area contributed by atoms with Gasteiger partial charge < -0.3 is 20.2 Å². The number of aromatic nitrogens is 1. The van der Waals surface area contributed by atoms with E-state index in [0.29, 0.717) is 23.4 Å². The van der Waals surface area contributed by atoms with Crippen LogP contribution in [-0.2, 0) is 13.2 Å². The molecule has 0 aliphatic rings. The molecule has 0 aliphatic heterocycles. The molecule has 0 fully saturated rings. The molecule has 23 heavy (non-hydrogen) atoms. The highest BCUT2D eigenvalue weighted by Crippen LogP contribution is 2.26. The number of pyridine rings is 1. The van der Waals surface area contributed by atoms with Crippen molar-refractivity contribution in [2.75, 3.05) is 14.1 Å². The van der Waals surface area contributed by atoms with Crippen molar-refractivity contribution in [1.29, 1.82) is 0 Å². The molecule has 2 aromatic rings. The first-order valence-corrected chi connectivity index (χ1v) is 7.35. The normalized spacial score (nSPS) is 11.5. The summed E-state index contributed by atoms with van der Waals surface area (Å²) in [5.74, 6) is 0.256. The molecule has 0 atom stereocenters. The minimum atomic E-state index is -0.262. The smallest absolute Gasteiger partial charge is 0.142 e. The molecule has 0 bridgehead atoms. The Labute approximate surface area is 136 Å². The number of hydrogen-bond donors (Lipinski definition) is 3. The van der Waals surface area contributed by atoms with Crippen LogP contribution in [0.2, 0.25) is 0 Å². The zero-order valence-corrected chi connectivity index (χ0v) is 13.6. The topological polar surface area (TPSA) is 76.8 Å². The molecule has 0 radical (unpaired) electrons. The monoisotopic (exact) mass is 314 g/mol. The van der Waals surface area contributed by atoms with Crippen LogP contribution < -0.4 is 0 Å². The van der Waals surface area contributed by atoms with Gasteiger partial charge in [0.05, 0.1) is 12.3 Å². The van der Waals surface area contributed by atoms with Crippen molar-refractivity contribution in [3.05, 3.63) is 52.3 Å². The van der Waals surface area contributed by atoms with Crippen molar-refractivity contribution < 1.29 is 15.3 Å². The van der Waals surface area contributed by atoms with Crippen molar-refractivity contribution in [3.8, 4) is 11.5 Å². The Hall–Kier alpha value is -2.37. The van der Waals surface area contributed by atoms with E-state index in [-0.39, 0.29) is 18.1 Å². The first kappa shape index (κ1) is 17.0. The van der Waals surface area contributed by atoms with Gasteiger partial charge in [-0.15, -0.1) is 0 Å². The number of aryl methyl sites for hydroxylation is 1. The van der Waals surface area contributed by atoms with Crippen molar-refractivity contribution in [2.45, 2.75) is 20.1 Å². The average molecular weight is 314 g/mol. The minimum Gasteiger partial charge on any atom is -0.508 e. The zero-order chi connectivity index (χ0) is 17.0. The van der Waals surface area contributed by atoms with Crippen LogP contribution in [0, 0.1) is 6.92 Å². The van der Waals surface area contributed by atoms with Crippen LogP contribution in [0.25, 0.3) is 12.2 Å². The predicted octanol–water partition coefficient (Wildman–Crippen LogP) is 2.53. The Morgan fingerprint density at radius 2 is 1.91 bits per heavy atom. The van der Waals surface area contributed by atoms with Gasteiger partial charge in [-0.25, -0.2) is 0 Å². The van der Waals surface area contributed by atoms with E-state index in [1.165, 1.54) is 0 Å². The quantitative estimate of drug-likeness (QED) is 0.790. The molecule has 1 aromatic carbocycles. The number of nitrogens with zero attached hydrogens (tertiary/aromatic N) is 2. The van der Waals surface area contributed by atoms with Gasteiger partial charge in [0.2, 0.25) is 0 Å². The number of phenolic OH excluding ortho intramolecular Hbond substituents is 1. The summed E-state index contributed by atoms with van der Waals surface area (Å²) < 4.78 is 0. The molecule has 5 nitrogen and oxygen atoms in total. The fraction of sp³-hybridized carbons (Fsp3) is 0.278. The summed E-state index contributed by atoms with van der Waals surface area (Å²) in [5, 5.41) is 29.4. The number of hydrogen-bond acceptors (Lipinski definition) is 5. The number of benzene rings is 1. The molecule has 1 aromatic heterocycles. The van der Waals surface area contributed by atoms with Crippen molar-refractivity contribution >= 4 is 12.2 Å². The number of aliphatic hydroxyl groups is 1. The van der Waals surface area contributed by atoms with E-state index in [1.54, 1.807) is 25.3 Å². The van der Waals surface area contributed by atoms with Crippen molar-refractivity contribution in [3.63, 3.8) is 0 Å². The number of aliphatic hydroxyl groups excluding tert-OH is 1.